The summed E-state index contributed by atoms with van der Waals surface area (Å²) >= 11 is 12.1. The van der Waals surface area contributed by atoms with Crippen molar-refractivity contribution in [2.24, 2.45) is 0 Å². The van der Waals surface area contributed by atoms with Gasteiger partial charge in [0, 0.05) is 24.2 Å². The van der Waals surface area contributed by atoms with E-state index in [2.05, 4.69) is 19.5 Å². The van der Waals surface area contributed by atoms with Crippen molar-refractivity contribution >= 4 is 45.8 Å². The molecule has 4 rings (SSSR count). The fourth-order valence-corrected chi connectivity index (χ4v) is 3.41. The number of aliphatic hydroxyl groups excluding tert-OH is 1. The van der Waals surface area contributed by atoms with Crippen LogP contribution in [0, 0.1) is 0 Å². The SMILES string of the molecule is O=C(c1c(Cl)ncnc1Cl)N(CCO)c1cnc2c(ccn2C2CC2)c1. The van der Waals surface area contributed by atoms with Crippen LogP contribution in [0.25, 0.3) is 11.0 Å². The Labute approximate surface area is 159 Å². The number of hydrogen-bond acceptors (Lipinski definition) is 5. The first kappa shape index (κ1) is 17.2. The summed E-state index contributed by atoms with van der Waals surface area (Å²) in [6.07, 6.45) is 7.13. The fourth-order valence-electron chi connectivity index (χ4n) is 2.93. The van der Waals surface area contributed by atoms with E-state index in [1.807, 2.05) is 18.3 Å². The number of aromatic nitrogens is 4. The van der Waals surface area contributed by atoms with Crippen LogP contribution < -0.4 is 4.90 Å². The maximum Gasteiger partial charge on any atom is 0.264 e. The summed E-state index contributed by atoms with van der Waals surface area (Å²) in [4.78, 5) is 26.5. The number of amides is 1. The van der Waals surface area contributed by atoms with Crippen LogP contribution in [0.5, 0.6) is 0 Å². The van der Waals surface area contributed by atoms with Crippen LogP contribution in [-0.4, -0.2) is 43.7 Å². The van der Waals surface area contributed by atoms with Gasteiger partial charge in [0.05, 0.1) is 18.5 Å². The second-order valence-corrected chi connectivity index (χ2v) is 6.79. The second-order valence-electron chi connectivity index (χ2n) is 6.07. The molecule has 3 heterocycles. The predicted octanol–water partition coefficient (Wildman–Crippen LogP) is 3.11. The minimum atomic E-state index is -0.488. The van der Waals surface area contributed by atoms with E-state index in [1.165, 1.54) is 11.2 Å². The first-order valence-corrected chi connectivity index (χ1v) is 8.91. The van der Waals surface area contributed by atoms with Crippen molar-refractivity contribution in [3.8, 4) is 0 Å². The minimum Gasteiger partial charge on any atom is -0.395 e. The van der Waals surface area contributed by atoms with Gasteiger partial charge in [-0.25, -0.2) is 15.0 Å². The largest absolute Gasteiger partial charge is 0.395 e. The molecule has 0 bridgehead atoms. The van der Waals surface area contributed by atoms with Gasteiger partial charge >= 0.3 is 0 Å². The molecule has 1 amide bonds. The number of pyridine rings is 1. The van der Waals surface area contributed by atoms with Gasteiger partial charge in [-0.15, -0.1) is 0 Å². The topological polar surface area (TPSA) is 84.1 Å². The summed E-state index contributed by atoms with van der Waals surface area (Å²) in [5, 5.41) is 10.3. The molecule has 1 saturated carbocycles. The summed E-state index contributed by atoms with van der Waals surface area (Å²) in [6, 6.07) is 4.35. The Morgan fingerprint density at radius 1 is 1.27 bits per heavy atom. The third kappa shape index (κ3) is 3.02. The molecule has 0 aromatic carbocycles. The first-order chi connectivity index (χ1) is 12.6. The highest BCUT2D eigenvalue weighted by molar-refractivity contribution is 6.39. The summed E-state index contributed by atoms with van der Waals surface area (Å²) in [5.41, 5.74) is 1.42. The fraction of sp³-hybridized carbons (Fsp3) is 0.294. The Hall–Kier alpha value is -2.22. The molecule has 1 aliphatic carbocycles. The summed E-state index contributed by atoms with van der Waals surface area (Å²) in [7, 11) is 0. The zero-order valence-electron chi connectivity index (χ0n) is 13.6. The molecule has 0 atom stereocenters. The molecule has 134 valence electrons. The Morgan fingerprint density at radius 2 is 2.00 bits per heavy atom. The maximum absolute atomic E-state index is 13.0. The van der Waals surface area contributed by atoms with Crippen LogP contribution in [0.4, 0.5) is 5.69 Å². The smallest absolute Gasteiger partial charge is 0.264 e. The van der Waals surface area contributed by atoms with Gasteiger partial charge in [0.25, 0.3) is 5.91 Å². The highest BCUT2D eigenvalue weighted by Crippen LogP contribution is 2.37. The lowest BCUT2D eigenvalue weighted by Gasteiger charge is -2.22. The normalized spacial score (nSPS) is 14.0. The number of carbonyl (C=O) groups excluding carboxylic acids is 1. The van der Waals surface area contributed by atoms with Crippen molar-refractivity contribution in [3.05, 3.63) is 46.7 Å². The van der Waals surface area contributed by atoms with Crippen molar-refractivity contribution in [1.29, 1.82) is 0 Å². The van der Waals surface area contributed by atoms with Crippen molar-refractivity contribution in [3.63, 3.8) is 0 Å². The molecular weight excluding hydrogens is 377 g/mol. The third-order valence-corrected chi connectivity index (χ3v) is 4.90. The third-order valence-electron chi connectivity index (χ3n) is 4.33. The Bertz CT molecular complexity index is 966. The molecule has 3 aromatic heterocycles. The number of carbonyl (C=O) groups is 1. The standard InChI is InChI=1S/C17H15Cl2N5O2/c18-14-13(15(19)22-9-21-14)17(26)24(5-6-25)12-7-10-3-4-23(11-1-2-11)16(10)20-8-12/h3-4,7-9,11,25H,1-2,5-6H2. The van der Waals surface area contributed by atoms with E-state index < -0.39 is 5.91 Å². The molecule has 7 nitrogen and oxygen atoms in total. The zero-order chi connectivity index (χ0) is 18.3. The van der Waals surface area contributed by atoms with Crippen LogP contribution in [0.1, 0.15) is 29.2 Å². The van der Waals surface area contributed by atoms with E-state index in [0.29, 0.717) is 11.7 Å². The van der Waals surface area contributed by atoms with Gasteiger partial charge in [0.15, 0.2) is 0 Å². The lowest BCUT2D eigenvalue weighted by atomic mass is 10.2. The highest BCUT2D eigenvalue weighted by atomic mass is 35.5. The quantitative estimate of drug-likeness (QED) is 0.675. The molecular formula is C17H15Cl2N5O2. The number of anilines is 1. The van der Waals surface area contributed by atoms with Crippen LogP contribution in [0.2, 0.25) is 10.3 Å². The molecule has 1 aliphatic rings. The van der Waals surface area contributed by atoms with Crippen molar-refractivity contribution in [2.45, 2.75) is 18.9 Å². The van der Waals surface area contributed by atoms with Crippen LogP contribution in [0.15, 0.2) is 30.9 Å². The summed E-state index contributed by atoms with van der Waals surface area (Å²) in [5.74, 6) is -0.488. The zero-order valence-corrected chi connectivity index (χ0v) is 15.2. The van der Waals surface area contributed by atoms with Crippen molar-refractivity contribution in [1.82, 2.24) is 19.5 Å². The average molecular weight is 392 g/mol. The molecule has 9 heteroatoms. The van der Waals surface area contributed by atoms with Crippen molar-refractivity contribution in [2.75, 3.05) is 18.1 Å². The van der Waals surface area contributed by atoms with Gasteiger partial charge in [0.1, 0.15) is 27.8 Å². The second kappa shape index (κ2) is 6.83. The molecule has 26 heavy (non-hydrogen) atoms. The number of aliphatic hydroxyl groups is 1. The molecule has 3 aromatic rings. The molecule has 0 aliphatic heterocycles. The summed E-state index contributed by atoms with van der Waals surface area (Å²) in [6.45, 7) is -0.160. The van der Waals surface area contributed by atoms with Gasteiger partial charge < -0.3 is 14.6 Å². The van der Waals surface area contributed by atoms with E-state index in [0.717, 1.165) is 23.9 Å². The lowest BCUT2D eigenvalue weighted by Crippen LogP contribution is -2.34. The Kier molecular flexibility index (Phi) is 4.52. The monoisotopic (exact) mass is 391 g/mol. The molecule has 0 saturated heterocycles. The van der Waals surface area contributed by atoms with Gasteiger partial charge in [-0.2, -0.15) is 0 Å². The van der Waals surface area contributed by atoms with Gasteiger partial charge in [-0.3, -0.25) is 4.79 Å². The van der Waals surface area contributed by atoms with E-state index in [1.54, 1.807) is 6.20 Å². The predicted molar refractivity (Wildman–Crippen MR) is 98.8 cm³/mol. The molecule has 1 N–H and O–H groups in total. The molecule has 1 fully saturated rings. The van der Waals surface area contributed by atoms with E-state index >= 15 is 0 Å². The number of fused-ring (bicyclic) bond motifs is 1. The Morgan fingerprint density at radius 3 is 2.65 bits per heavy atom. The van der Waals surface area contributed by atoms with E-state index in [9.17, 15) is 9.90 Å². The highest BCUT2D eigenvalue weighted by Gasteiger charge is 2.27. The minimum absolute atomic E-state index is 0.0000640. The maximum atomic E-state index is 13.0. The van der Waals surface area contributed by atoms with Crippen LogP contribution >= 0.6 is 23.2 Å². The van der Waals surface area contributed by atoms with E-state index in [4.69, 9.17) is 23.2 Å². The van der Waals surface area contributed by atoms with E-state index in [-0.39, 0.29) is 29.0 Å². The lowest BCUT2D eigenvalue weighted by molar-refractivity contribution is 0.0980. The van der Waals surface area contributed by atoms with Gasteiger partial charge in [-0.05, 0) is 25.0 Å². The molecule has 0 unspecified atom stereocenters. The number of rotatable bonds is 5. The van der Waals surface area contributed by atoms with Crippen molar-refractivity contribution < 1.29 is 9.90 Å². The number of halogens is 2. The van der Waals surface area contributed by atoms with Gasteiger partial charge in [-0.1, -0.05) is 23.2 Å². The van der Waals surface area contributed by atoms with Crippen LogP contribution in [0.3, 0.4) is 0 Å². The molecule has 0 radical (unpaired) electrons. The Balaban J connectivity index is 1.74. The average Bonchev–Trinajstić information content (AvgIpc) is 3.38. The van der Waals surface area contributed by atoms with Gasteiger partial charge in [0.2, 0.25) is 0 Å². The first-order valence-electron chi connectivity index (χ1n) is 8.15. The number of nitrogens with zero attached hydrogens (tertiary/aromatic N) is 5. The number of hydrogen-bond donors (Lipinski definition) is 1. The summed E-state index contributed by atoms with van der Waals surface area (Å²) < 4.78 is 2.15. The molecule has 0 spiro atoms. The van der Waals surface area contributed by atoms with Crippen LogP contribution in [-0.2, 0) is 0 Å².